The van der Waals surface area contributed by atoms with Crippen LogP contribution >= 0.6 is 0 Å². The smallest absolute Gasteiger partial charge is 0.407 e. The maximum atomic E-state index is 14.0. The Bertz CT molecular complexity index is 1380. The number of aliphatic hydroxyl groups is 1. The van der Waals surface area contributed by atoms with Crippen molar-refractivity contribution < 1.29 is 51.6 Å². The number of carbonyl (C=O) groups excluding carboxylic acids is 3. The van der Waals surface area contributed by atoms with Gasteiger partial charge in [0.1, 0.15) is 12.1 Å². The zero-order chi connectivity index (χ0) is 32.2. The van der Waals surface area contributed by atoms with Crippen molar-refractivity contribution in [2.24, 2.45) is 11.7 Å². The third-order valence-corrected chi connectivity index (χ3v) is 8.12. The molecular formula is C30H38F2N4O9. The summed E-state index contributed by atoms with van der Waals surface area (Å²) in [6, 6.07) is 1.73. The van der Waals surface area contributed by atoms with E-state index in [4.69, 9.17) is 24.4 Å². The number of ether oxygens (including phenoxy) is 4. The van der Waals surface area contributed by atoms with Gasteiger partial charge in [0.2, 0.25) is 5.89 Å². The van der Waals surface area contributed by atoms with Crippen LogP contribution in [0.15, 0.2) is 22.6 Å². The Hall–Kier alpha value is -3.98. The van der Waals surface area contributed by atoms with Crippen LogP contribution < -0.4 is 20.5 Å². The van der Waals surface area contributed by atoms with Gasteiger partial charge in [0.15, 0.2) is 23.0 Å². The highest BCUT2D eigenvalue weighted by Gasteiger charge is 2.44. The predicted molar refractivity (Wildman–Crippen MR) is 153 cm³/mol. The van der Waals surface area contributed by atoms with Crippen molar-refractivity contribution >= 4 is 18.0 Å². The molecule has 1 saturated heterocycles. The average molecular weight is 637 g/mol. The van der Waals surface area contributed by atoms with Crippen molar-refractivity contribution in [2.45, 2.75) is 88.8 Å². The third kappa shape index (κ3) is 8.00. The number of carbonyl (C=O) groups is 3. The number of methoxy groups -OCH3 is 1. The van der Waals surface area contributed by atoms with Crippen LogP contribution in [-0.4, -0.2) is 84.1 Å². The second kappa shape index (κ2) is 14.0. The van der Waals surface area contributed by atoms with Crippen LogP contribution in [0.3, 0.4) is 0 Å². The van der Waals surface area contributed by atoms with Crippen molar-refractivity contribution in [3.05, 3.63) is 29.7 Å². The highest BCUT2D eigenvalue weighted by atomic mass is 19.3. The summed E-state index contributed by atoms with van der Waals surface area (Å²) in [5.41, 5.74) is 6.34. The molecule has 15 heteroatoms. The van der Waals surface area contributed by atoms with Crippen LogP contribution in [0.5, 0.6) is 11.5 Å². The summed E-state index contributed by atoms with van der Waals surface area (Å²) in [7, 11) is 1.21. The number of amides is 2. The molecule has 5 rings (SSSR count). The van der Waals surface area contributed by atoms with E-state index < -0.39 is 54.9 Å². The van der Waals surface area contributed by atoms with Crippen molar-refractivity contribution in [2.75, 3.05) is 20.3 Å². The van der Waals surface area contributed by atoms with E-state index in [0.717, 1.165) is 12.8 Å². The monoisotopic (exact) mass is 636 g/mol. The molecule has 3 fully saturated rings. The van der Waals surface area contributed by atoms with Crippen LogP contribution in [0.4, 0.5) is 13.6 Å². The van der Waals surface area contributed by atoms with E-state index in [-0.39, 0.29) is 41.8 Å². The number of aromatic nitrogens is 1. The molecule has 0 bridgehead atoms. The summed E-state index contributed by atoms with van der Waals surface area (Å²) >= 11 is 0. The number of oxazole rings is 1. The van der Waals surface area contributed by atoms with E-state index in [9.17, 15) is 28.3 Å². The predicted octanol–water partition coefficient (Wildman–Crippen LogP) is 3.54. The standard InChI is InChI=1S/C30H38F2N4O9/c1-15(33)25-24(35-26(45-25)17-5-10-22(44-29(31)32)23(11-17)42-14-16-3-4-16)27(38)36-13-18(34-30(40)41-2)12-21(36)28(39)43-20-8-6-19(37)7-9-20/h5,10-11,15-16,18-21,29,37H,3-4,6-9,12-14,33H2,1-2H3,(H,34,40)/t15-,18?,19?,20?,21?/m0/s1. The van der Waals surface area contributed by atoms with Crippen LogP contribution in [0, 0.1) is 5.92 Å². The first-order valence-electron chi connectivity index (χ1n) is 15.0. The second-order valence-corrected chi connectivity index (χ2v) is 11.7. The molecular weight excluding hydrogens is 598 g/mol. The Morgan fingerprint density at radius 1 is 1.16 bits per heavy atom. The largest absolute Gasteiger partial charge is 0.489 e. The number of nitrogens with two attached hydrogens (primary N) is 1. The fourth-order valence-electron chi connectivity index (χ4n) is 5.51. The fraction of sp³-hybridized carbons (Fsp3) is 0.600. The number of aliphatic hydroxyl groups excluding tert-OH is 1. The molecule has 0 radical (unpaired) electrons. The van der Waals surface area contributed by atoms with Crippen molar-refractivity contribution in [1.29, 1.82) is 0 Å². The van der Waals surface area contributed by atoms with E-state index in [1.54, 1.807) is 6.92 Å². The van der Waals surface area contributed by atoms with Gasteiger partial charge < -0.3 is 44.4 Å². The molecule has 1 aromatic heterocycles. The number of nitrogens with zero attached hydrogens (tertiary/aromatic N) is 2. The topological polar surface area (TPSA) is 176 Å². The number of alkyl halides is 2. The van der Waals surface area contributed by atoms with Gasteiger partial charge in [-0.1, -0.05) is 0 Å². The first-order valence-corrected chi connectivity index (χ1v) is 15.0. The molecule has 1 aliphatic heterocycles. The lowest BCUT2D eigenvalue weighted by Gasteiger charge is -2.28. The van der Waals surface area contributed by atoms with Crippen molar-refractivity contribution in [3.63, 3.8) is 0 Å². The van der Waals surface area contributed by atoms with Crippen LogP contribution in [0.25, 0.3) is 11.5 Å². The number of halogens is 2. The minimum atomic E-state index is -3.06. The van der Waals surface area contributed by atoms with E-state index in [1.807, 2.05) is 0 Å². The van der Waals surface area contributed by atoms with Crippen molar-refractivity contribution in [1.82, 2.24) is 15.2 Å². The molecule has 13 nitrogen and oxygen atoms in total. The Kier molecular flexibility index (Phi) is 10.1. The lowest BCUT2D eigenvalue weighted by atomic mass is 9.95. The molecule has 2 unspecified atom stereocenters. The zero-order valence-corrected chi connectivity index (χ0v) is 25.1. The third-order valence-electron chi connectivity index (χ3n) is 8.12. The van der Waals surface area contributed by atoms with Gasteiger partial charge in [0, 0.05) is 18.5 Å². The average Bonchev–Trinajstić information content (AvgIpc) is 3.56. The molecule has 4 N–H and O–H groups in total. The summed E-state index contributed by atoms with van der Waals surface area (Å²) in [6.45, 7) is -1.18. The summed E-state index contributed by atoms with van der Waals surface area (Å²) in [4.78, 5) is 45.1. The number of esters is 1. The van der Waals surface area contributed by atoms with Gasteiger partial charge in [-0.3, -0.25) is 4.79 Å². The molecule has 2 aromatic rings. The summed E-state index contributed by atoms with van der Waals surface area (Å²) in [6.07, 6.45) is 2.46. The van der Waals surface area contributed by atoms with E-state index >= 15 is 0 Å². The minimum absolute atomic E-state index is 0.0196. The SMILES string of the molecule is COC(=O)NC1CC(C(=O)OC2CCC(O)CC2)N(C(=O)c2nc(-c3ccc(OC(F)F)c(OCC4CC4)c3)oc2[C@H](C)N)C1. The molecule has 2 heterocycles. The molecule has 45 heavy (non-hydrogen) atoms. The van der Waals surface area contributed by atoms with E-state index in [0.29, 0.717) is 43.8 Å². The number of hydrogen-bond donors (Lipinski definition) is 3. The molecule has 3 atom stereocenters. The molecule has 246 valence electrons. The number of benzene rings is 1. The number of nitrogens with one attached hydrogen (secondary N) is 1. The summed E-state index contributed by atoms with van der Waals surface area (Å²) < 4.78 is 52.8. The van der Waals surface area contributed by atoms with E-state index in [1.165, 1.54) is 30.2 Å². The zero-order valence-electron chi connectivity index (χ0n) is 25.1. The van der Waals surface area contributed by atoms with Gasteiger partial charge in [0.25, 0.3) is 5.91 Å². The molecule has 1 aromatic carbocycles. The minimum Gasteiger partial charge on any atom is -0.489 e. The van der Waals surface area contributed by atoms with Gasteiger partial charge >= 0.3 is 18.7 Å². The second-order valence-electron chi connectivity index (χ2n) is 11.7. The maximum Gasteiger partial charge on any atom is 0.407 e. The Morgan fingerprint density at radius 3 is 2.53 bits per heavy atom. The first kappa shape index (κ1) is 32.4. The van der Waals surface area contributed by atoms with Gasteiger partial charge in [-0.2, -0.15) is 8.78 Å². The molecule has 0 spiro atoms. The quantitative estimate of drug-likeness (QED) is 0.308. The van der Waals surface area contributed by atoms with Gasteiger partial charge in [-0.15, -0.1) is 0 Å². The molecule has 3 aliphatic rings. The van der Waals surface area contributed by atoms with Crippen LogP contribution in [0.2, 0.25) is 0 Å². The van der Waals surface area contributed by atoms with Gasteiger partial charge in [-0.05, 0) is 69.6 Å². The highest BCUT2D eigenvalue weighted by Crippen LogP contribution is 2.37. The normalized spacial score (nSPS) is 23.8. The highest BCUT2D eigenvalue weighted by molar-refractivity contribution is 5.97. The molecule has 2 amide bonds. The van der Waals surface area contributed by atoms with Crippen LogP contribution in [0.1, 0.15) is 74.2 Å². The maximum absolute atomic E-state index is 14.0. The Labute approximate surface area is 258 Å². The number of rotatable bonds is 11. The number of hydrogen-bond acceptors (Lipinski definition) is 11. The summed E-state index contributed by atoms with van der Waals surface area (Å²) in [5.74, 6) is -1.03. The number of alkyl carbamates (subject to hydrolysis) is 1. The van der Waals surface area contributed by atoms with Gasteiger partial charge in [0.05, 0.1) is 31.9 Å². The van der Waals surface area contributed by atoms with E-state index in [2.05, 4.69) is 15.0 Å². The lowest BCUT2D eigenvalue weighted by Crippen LogP contribution is -2.44. The molecule has 2 saturated carbocycles. The first-order chi connectivity index (χ1) is 21.5. The Balaban J connectivity index is 1.41. The number of likely N-dealkylation sites (tertiary alicyclic amines) is 1. The van der Waals surface area contributed by atoms with Crippen LogP contribution in [-0.2, 0) is 14.3 Å². The summed E-state index contributed by atoms with van der Waals surface area (Å²) in [5, 5.41) is 12.4. The molecule has 2 aliphatic carbocycles. The van der Waals surface area contributed by atoms with Crippen molar-refractivity contribution in [3.8, 4) is 23.0 Å². The van der Waals surface area contributed by atoms with Gasteiger partial charge in [-0.25, -0.2) is 14.6 Å². The lowest BCUT2D eigenvalue weighted by molar-refractivity contribution is -0.156. The Morgan fingerprint density at radius 2 is 1.89 bits per heavy atom. The fourth-order valence-corrected chi connectivity index (χ4v) is 5.51.